The Hall–Kier alpha value is -2.04. The van der Waals surface area contributed by atoms with Crippen molar-refractivity contribution in [3.63, 3.8) is 0 Å². The second kappa shape index (κ2) is 9.68. The molecule has 2 amide bonds. The van der Waals surface area contributed by atoms with E-state index < -0.39 is 21.9 Å². The average Bonchev–Trinajstić information content (AvgIpc) is 3.20. The lowest BCUT2D eigenvalue weighted by Crippen LogP contribution is -2.56. The number of carbonyl (C=O) groups excluding carboxylic acids is 2. The number of carbonyl (C=O) groups is 2. The zero-order chi connectivity index (χ0) is 23.8. The van der Waals surface area contributed by atoms with Crippen molar-refractivity contribution in [1.82, 2.24) is 13.5 Å². The van der Waals surface area contributed by atoms with Gasteiger partial charge < -0.3 is 9.80 Å². The molecule has 1 aromatic carbocycles. The first-order valence-electron chi connectivity index (χ1n) is 11.8. The molecule has 0 radical (unpaired) electrons. The van der Waals surface area contributed by atoms with Crippen molar-refractivity contribution in [2.75, 3.05) is 44.7 Å². The summed E-state index contributed by atoms with van der Waals surface area (Å²) in [7, 11) is -1.91. The summed E-state index contributed by atoms with van der Waals surface area (Å²) < 4.78 is 43.5. The summed E-state index contributed by atoms with van der Waals surface area (Å²) in [5, 5.41) is 0. The van der Waals surface area contributed by atoms with Crippen LogP contribution < -0.4 is 4.90 Å². The molecule has 1 aliphatic carbocycles. The van der Waals surface area contributed by atoms with Gasteiger partial charge in [0.25, 0.3) is 10.2 Å². The number of nitrogens with zero attached hydrogens (tertiary/aromatic N) is 4. The van der Waals surface area contributed by atoms with Gasteiger partial charge >= 0.3 is 0 Å². The minimum absolute atomic E-state index is 0.0368. The Kier molecular flexibility index (Phi) is 7.07. The van der Waals surface area contributed by atoms with Crippen LogP contribution in [0.5, 0.6) is 0 Å². The number of hydrogen-bond acceptors (Lipinski definition) is 4. The van der Waals surface area contributed by atoms with E-state index in [1.165, 1.54) is 19.6 Å². The third-order valence-corrected chi connectivity index (χ3v) is 9.24. The lowest BCUT2D eigenvalue weighted by molar-refractivity contribution is -0.137. The molecule has 0 bridgehead atoms. The van der Waals surface area contributed by atoms with Crippen LogP contribution in [0.1, 0.15) is 44.1 Å². The Morgan fingerprint density at radius 2 is 1.76 bits per heavy atom. The predicted molar refractivity (Wildman–Crippen MR) is 123 cm³/mol. The minimum atomic E-state index is -3.57. The van der Waals surface area contributed by atoms with Gasteiger partial charge in [-0.15, -0.1) is 0 Å². The maximum atomic E-state index is 14.4. The molecule has 0 aromatic heterocycles. The van der Waals surface area contributed by atoms with Crippen LogP contribution in [-0.2, 0) is 19.8 Å². The summed E-state index contributed by atoms with van der Waals surface area (Å²) in [5.74, 6) is -1.47. The third kappa shape index (κ3) is 4.93. The maximum Gasteiger partial charge on any atom is 0.282 e. The van der Waals surface area contributed by atoms with E-state index in [1.54, 1.807) is 31.0 Å². The monoisotopic (exact) mass is 480 g/mol. The number of amides is 2. The lowest BCUT2D eigenvalue weighted by atomic mass is 9.96. The van der Waals surface area contributed by atoms with E-state index >= 15 is 0 Å². The molecule has 4 rings (SSSR count). The first-order chi connectivity index (χ1) is 15.7. The van der Waals surface area contributed by atoms with Gasteiger partial charge in [0.15, 0.2) is 0 Å². The van der Waals surface area contributed by atoms with Crippen molar-refractivity contribution in [2.45, 2.75) is 51.5 Å². The fourth-order valence-electron chi connectivity index (χ4n) is 5.15. The van der Waals surface area contributed by atoms with Crippen molar-refractivity contribution in [1.29, 1.82) is 0 Å². The number of benzene rings is 1. The molecule has 3 fully saturated rings. The Morgan fingerprint density at radius 1 is 1.09 bits per heavy atom. The molecule has 0 spiro atoms. The highest BCUT2D eigenvalue weighted by Crippen LogP contribution is 2.30. The molecule has 1 aromatic rings. The van der Waals surface area contributed by atoms with Gasteiger partial charge in [-0.25, -0.2) is 4.39 Å². The van der Waals surface area contributed by atoms with Crippen molar-refractivity contribution in [3.05, 3.63) is 29.6 Å². The zero-order valence-electron chi connectivity index (χ0n) is 19.4. The standard InChI is InChI=1S/C23H33FN4O4S/c1-17-8-9-21(20(24)14-17)28-16-18(15-22(28)29)23(30)26-10-12-27(13-11-26)33(31,32)25(2)19-6-4-3-5-7-19/h8-9,14,18-19H,3-7,10-13,15-16H2,1-2H3. The molecule has 8 nitrogen and oxygen atoms in total. The molecule has 2 saturated heterocycles. The van der Waals surface area contributed by atoms with E-state index in [-0.39, 0.29) is 49.6 Å². The minimum Gasteiger partial charge on any atom is -0.340 e. The van der Waals surface area contributed by atoms with Crippen LogP contribution in [0.3, 0.4) is 0 Å². The van der Waals surface area contributed by atoms with Crippen LogP contribution in [0.25, 0.3) is 0 Å². The van der Waals surface area contributed by atoms with Crippen LogP contribution in [0.2, 0.25) is 0 Å². The number of hydrogen-bond donors (Lipinski definition) is 0. The highest BCUT2D eigenvalue weighted by Gasteiger charge is 2.40. The molecule has 2 heterocycles. The van der Waals surface area contributed by atoms with Crippen molar-refractivity contribution < 1.29 is 22.4 Å². The van der Waals surface area contributed by atoms with Gasteiger partial charge in [-0.3, -0.25) is 9.59 Å². The number of halogens is 1. The molecule has 3 aliphatic rings. The fourth-order valence-corrected chi connectivity index (χ4v) is 6.73. The molecular formula is C23H33FN4O4S. The summed E-state index contributed by atoms with van der Waals surface area (Å²) >= 11 is 0. The van der Waals surface area contributed by atoms with Gasteiger partial charge in [-0.05, 0) is 37.5 Å². The summed E-state index contributed by atoms with van der Waals surface area (Å²) in [6.45, 7) is 2.98. The molecule has 10 heteroatoms. The molecule has 1 unspecified atom stereocenters. The molecule has 1 atom stereocenters. The zero-order valence-corrected chi connectivity index (χ0v) is 20.2. The van der Waals surface area contributed by atoms with E-state index in [2.05, 4.69) is 0 Å². The topological polar surface area (TPSA) is 81.2 Å². The van der Waals surface area contributed by atoms with Crippen molar-refractivity contribution in [3.8, 4) is 0 Å². The van der Waals surface area contributed by atoms with Crippen LogP contribution in [-0.4, -0.2) is 79.6 Å². The van der Waals surface area contributed by atoms with Crippen molar-refractivity contribution >= 4 is 27.7 Å². The normalized spacial score (nSPS) is 23.5. The highest BCUT2D eigenvalue weighted by molar-refractivity contribution is 7.86. The predicted octanol–water partition coefficient (Wildman–Crippen LogP) is 2.14. The summed E-state index contributed by atoms with van der Waals surface area (Å²) in [6.07, 6.45) is 5.08. The van der Waals surface area contributed by atoms with Crippen molar-refractivity contribution in [2.24, 2.45) is 5.92 Å². The first-order valence-corrected chi connectivity index (χ1v) is 13.2. The quantitative estimate of drug-likeness (QED) is 0.647. The van der Waals surface area contributed by atoms with Crippen LogP contribution in [0.4, 0.5) is 10.1 Å². The summed E-state index contributed by atoms with van der Waals surface area (Å²) in [4.78, 5) is 28.6. The SMILES string of the molecule is Cc1ccc(N2CC(C(=O)N3CCN(S(=O)(=O)N(C)C4CCCCC4)CC3)CC2=O)c(F)c1. The fraction of sp³-hybridized carbons (Fsp3) is 0.652. The van der Waals surface area contributed by atoms with E-state index in [1.807, 2.05) is 0 Å². The number of aryl methyl sites for hydroxylation is 1. The summed E-state index contributed by atoms with van der Waals surface area (Å²) in [6, 6.07) is 4.73. The van der Waals surface area contributed by atoms with Gasteiger partial charge in [0, 0.05) is 52.2 Å². The third-order valence-electron chi connectivity index (χ3n) is 7.20. The second-order valence-corrected chi connectivity index (χ2v) is 11.4. The smallest absolute Gasteiger partial charge is 0.282 e. The van der Waals surface area contributed by atoms with Gasteiger partial charge in [0.05, 0.1) is 11.6 Å². The molecular weight excluding hydrogens is 447 g/mol. The second-order valence-electron chi connectivity index (χ2n) is 9.40. The lowest BCUT2D eigenvalue weighted by Gasteiger charge is -2.39. The molecule has 2 aliphatic heterocycles. The molecule has 1 saturated carbocycles. The Labute approximate surface area is 195 Å². The number of anilines is 1. The number of rotatable bonds is 5. The Balaban J connectivity index is 1.35. The molecule has 33 heavy (non-hydrogen) atoms. The molecule has 0 N–H and O–H groups in total. The van der Waals surface area contributed by atoms with E-state index in [0.29, 0.717) is 13.1 Å². The average molecular weight is 481 g/mol. The van der Waals surface area contributed by atoms with E-state index in [9.17, 15) is 22.4 Å². The first kappa shape index (κ1) is 24.1. The Bertz CT molecular complexity index is 1000. The van der Waals surface area contributed by atoms with Crippen LogP contribution in [0, 0.1) is 18.7 Å². The Morgan fingerprint density at radius 3 is 2.39 bits per heavy atom. The maximum absolute atomic E-state index is 14.4. The van der Waals surface area contributed by atoms with Gasteiger partial charge in [0.2, 0.25) is 11.8 Å². The van der Waals surface area contributed by atoms with Gasteiger partial charge in [0.1, 0.15) is 5.82 Å². The van der Waals surface area contributed by atoms with Crippen LogP contribution in [0.15, 0.2) is 18.2 Å². The van der Waals surface area contributed by atoms with Gasteiger partial charge in [-0.1, -0.05) is 25.3 Å². The van der Waals surface area contributed by atoms with Crippen LogP contribution >= 0.6 is 0 Å². The van der Waals surface area contributed by atoms with E-state index in [0.717, 1.165) is 37.7 Å². The summed E-state index contributed by atoms with van der Waals surface area (Å²) in [5.41, 5.74) is 0.958. The van der Waals surface area contributed by atoms with E-state index in [4.69, 9.17) is 0 Å². The highest BCUT2D eigenvalue weighted by atomic mass is 32.2. The largest absolute Gasteiger partial charge is 0.340 e. The molecule has 182 valence electrons. The van der Waals surface area contributed by atoms with Gasteiger partial charge in [-0.2, -0.15) is 17.0 Å². The number of piperazine rings is 1.